The molecule has 18 heavy (non-hydrogen) atoms. The Balaban J connectivity index is 0.000000180. The van der Waals surface area contributed by atoms with Crippen LogP contribution in [0.5, 0.6) is 5.88 Å². The molecular formula is C8H8N4O6. The smallest absolute Gasteiger partial charge is 0.328 e. The highest BCUT2D eigenvalue weighted by atomic mass is 16.3. The summed E-state index contributed by atoms with van der Waals surface area (Å²) in [6.45, 7) is 0. The predicted molar refractivity (Wildman–Crippen MR) is 55.6 cm³/mol. The number of carbonyl (C=O) groups is 3. The Morgan fingerprint density at radius 3 is 1.89 bits per heavy atom. The van der Waals surface area contributed by atoms with Gasteiger partial charge in [0.05, 0.1) is 6.07 Å². The van der Waals surface area contributed by atoms with Gasteiger partial charge in [0, 0.05) is 0 Å². The SMILES string of the molecule is O=C1CC(=O)NC(=O)N1.O=c1cc(O)[nH]c(=O)[nH]1. The monoisotopic (exact) mass is 256 g/mol. The highest BCUT2D eigenvalue weighted by Crippen LogP contribution is 1.87. The third-order valence-corrected chi connectivity index (χ3v) is 1.57. The van der Waals surface area contributed by atoms with Crippen molar-refractivity contribution in [3.05, 3.63) is 26.9 Å². The molecule has 1 aliphatic rings. The predicted octanol–water partition coefficient (Wildman–Crippen LogP) is -2.49. The highest BCUT2D eigenvalue weighted by molar-refractivity contribution is 6.14. The molecular weight excluding hydrogens is 248 g/mol. The van der Waals surface area contributed by atoms with Crippen LogP contribution in [0.4, 0.5) is 4.79 Å². The summed E-state index contributed by atoms with van der Waals surface area (Å²) in [4.78, 5) is 55.2. The minimum atomic E-state index is -0.740. The van der Waals surface area contributed by atoms with E-state index in [1.807, 2.05) is 20.6 Å². The van der Waals surface area contributed by atoms with Crippen LogP contribution in [0.25, 0.3) is 0 Å². The van der Waals surface area contributed by atoms with Crippen LogP contribution >= 0.6 is 0 Å². The van der Waals surface area contributed by atoms with Crippen LogP contribution in [0.15, 0.2) is 15.7 Å². The standard InChI is InChI=1S/2C4H4N2O3/c2*7-2-1-3(8)6-4(9)5-2/h1H2,(H2,5,6,7,8,9);1H,(H3,5,6,7,8,9). The molecule has 1 aromatic rings. The molecule has 0 spiro atoms. The Kier molecular flexibility index (Phi) is 3.97. The number of rotatable bonds is 0. The molecule has 1 saturated heterocycles. The van der Waals surface area contributed by atoms with Gasteiger partial charge in [0.1, 0.15) is 6.42 Å². The Morgan fingerprint density at radius 2 is 1.50 bits per heavy atom. The van der Waals surface area contributed by atoms with Gasteiger partial charge in [-0.05, 0) is 0 Å². The van der Waals surface area contributed by atoms with Crippen LogP contribution in [0.1, 0.15) is 6.42 Å². The third-order valence-electron chi connectivity index (χ3n) is 1.57. The molecule has 1 aromatic heterocycles. The van der Waals surface area contributed by atoms with E-state index < -0.39 is 35.0 Å². The number of carbonyl (C=O) groups excluding carboxylic acids is 3. The fourth-order valence-electron chi connectivity index (χ4n) is 0.975. The van der Waals surface area contributed by atoms with Gasteiger partial charge >= 0.3 is 11.7 Å². The Morgan fingerprint density at radius 1 is 0.944 bits per heavy atom. The fourth-order valence-corrected chi connectivity index (χ4v) is 0.975. The number of hydrogen-bond donors (Lipinski definition) is 5. The summed E-state index contributed by atoms with van der Waals surface area (Å²) in [5.41, 5.74) is -1.32. The van der Waals surface area contributed by atoms with Crippen LogP contribution in [0, 0.1) is 0 Å². The number of aromatic nitrogens is 2. The molecule has 4 amide bonds. The number of imide groups is 2. The van der Waals surface area contributed by atoms with Crippen molar-refractivity contribution in [2.45, 2.75) is 6.42 Å². The normalized spacial score (nSPS) is 14.1. The molecule has 0 radical (unpaired) electrons. The second kappa shape index (κ2) is 5.43. The van der Waals surface area contributed by atoms with Crippen LogP contribution in [-0.4, -0.2) is 32.9 Å². The molecule has 96 valence electrons. The molecule has 0 unspecified atom stereocenters. The van der Waals surface area contributed by atoms with Crippen LogP contribution in [0.2, 0.25) is 0 Å². The highest BCUT2D eigenvalue weighted by Gasteiger charge is 2.20. The van der Waals surface area contributed by atoms with E-state index in [2.05, 4.69) is 0 Å². The largest absolute Gasteiger partial charge is 0.494 e. The van der Waals surface area contributed by atoms with Gasteiger partial charge in [0.25, 0.3) is 5.56 Å². The Labute approximate surface area is 98.0 Å². The summed E-state index contributed by atoms with van der Waals surface area (Å²) in [7, 11) is 0. The Hall–Kier alpha value is -2.91. The summed E-state index contributed by atoms with van der Waals surface area (Å²) in [5, 5.41) is 12.3. The van der Waals surface area contributed by atoms with E-state index in [9.17, 15) is 24.0 Å². The molecule has 10 heteroatoms. The Bertz CT molecular complexity index is 527. The van der Waals surface area contributed by atoms with E-state index in [1.54, 1.807) is 0 Å². The van der Waals surface area contributed by atoms with Crippen molar-refractivity contribution in [3.63, 3.8) is 0 Å². The molecule has 2 rings (SSSR count). The maximum atomic E-state index is 10.3. The van der Waals surface area contributed by atoms with Crippen LogP contribution in [0.3, 0.4) is 0 Å². The van der Waals surface area contributed by atoms with Crippen molar-refractivity contribution in [2.75, 3.05) is 0 Å². The molecule has 1 aliphatic heterocycles. The molecule has 0 aromatic carbocycles. The van der Waals surface area contributed by atoms with Crippen molar-refractivity contribution in [1.82, 2.24) is 20.6 Å². The number of nitrogens with one attached hydrogen (secondary N) is 4. The zero-order valence-electron chi connectivity index (χ0n) is 8.77. The molecule has 10 nitrogen and oxygen atoms in total. The summed E-state index contributed by atoms with van der Waals surface area (Å²) < 4.78 is 0. The first-order chi connectivity index (χ1) is 8.36. The van der Waals surface area contributed by atoms with Crippen molar-refractivity contribution in [3.8, 4) is 5.88 Å². The molecule has 0 atom stereocenters. The van der Waals surface area contributed by atoms with Crippen molar-refractivity contribution < 1.29 is 19.5 Å². The number of aromatic amines is 2. The fraction of sp³-hybridized carbons (Fsp3) is 0.125. The zero-order valence-corrected chi connectivity index (χ0v) is 8.77. The van der Waals surface area contributed by atoms with Gasteiger partial charge in [-0.3, -0.25) is 35.0 Å². The summed E-state index contributed by atoms with van der Waals surface area (Å²) >= 11 is 0. The topological polar surface area (TPSA) is 161 Å². The molecule has 0 aliphatic carbocycles. The average molecular weight is 256 g/mol. The second-order valence-corrected chi connectivity index (χ2v) is 3.08. The van der Waals surface area contributed by atoms with Gasteiger partial charge in [-0.15, -0.1) is 0 Å². The molecule has 0 bridgehead atoms. The number of barbiturate groups is 1. The first kappa shape index (κ1) is 13.2. The number of H-pyrrole nitrogens is 2. The van der Waals surface area contributed by atoms with E-state index >= 15 is 0 Å². The van der Waals surface area contributed by atoms with Gasteiger partial charge in [0.15, 0.2) is 5.88 Å². The lowest BCUT2D eigenvalue weighted by atomic mass is 10.3. The average Bonchev–Trinajstić information content (AvgIpc) is 2.12. The van der Waals surface area contributed by atoms with Crippen LogP contribution < -0.4 is 21.9 Å². The summed E-state index contributed by atoms with van der Waals surface area (Å²) in [6, 6.07) is 0.137. The lowest BCUT2D eigenvalue weighted by Gasteiger charge is -2.09. The number of hydrogen-bond acceptors (Lipinski definition) is 6. The van der Waals surface area contributed by atoms with E-state index in [1.165, 1.54) is 0 Å². The van der Waals surface area contributed by atoms with E-state index in [4.69, 9.17) is 5.11 Å². The van der Waals surface area contributed by atoms with Crippen molar-refractivity contribution >= 4 is 17.8 Å². The van der Waals surface area contributed by atoms with E-state index in [0.717, 1.165) is 6.07 Å². The first-order valence-corrected chi connectivity index (χ1v) is 4.53. The van der Waals surface area contributed by atoms with Gasteiger partial charge in [-0.25, -0.2) is 9.59 Å². The maximum Gasteiger partial charge on any atom is 0.328 e. The van der Waals surface area contributed by atoms with Crippen molar-refractivity contribution in [1.29, 1.82) is 0 Å². The van der Waals surface area contributed by atoms with Crippen LogP contribution in [-0.2, 0) is 9.59 Å². The molecule has 2 heterocycles. The first-order valence-electron chi connectivity index (χ1n) is 4.53. The summed E-state index contributed by atoms with van der Waals surface area (Å²) in [5.74, 6) is -1.53. The number of amides is 4. The van der Waals surface area contributed by atoms with E-state index in [0.29, 0.717) is 0 Å². The molecule has 5 N–H and O–H groups in total. The maximum absolute atomic E-state index is 10.3. The quantitative estimate of drug-likeness (QED) is 0.322. The van der Waals surface area contributed by atoms with Crippen molar-refractivity contribution in [2.24, 2.45) is 0 Å². The van der Waals surface area contributed by atoms with Gasteiger partial charge in [-0.1, -0.05) is 0 Å². The third kappa shape index (κ3) is 4.30. The molecule has 0 saturated carbocycles. The zero-order chi connectivity index (χ0) is 13.7. The minimum absolute atomic E-state index is 0.258. The molecule has 1 fully saturated rings. The lowest BCUT2D eigenvalue weighted by molar-refractivity contribution is -0.129. The van der Waals surface area contributed by atoms with Gasteiger partial charge in [-0.2, -0.15) is 0 Å². The van der Waals surface area contributed by atoms with Gasteiger partial charge < -0.3 is 5.11 Å². The number of aromatic hydroxyl groups is 1. The lowest BCUT2D eigenvalue weighted by Crippen LogP contribution is -2.49. The van der Waals surface area contributed by atoms with E-state index in [-0.39, 0.29) is 6.42 Å². The van der Waals surface area contributed by atoms with Gasteiger partial charge in [0.2, 0.25) is 11.8 Å². The number of urea groups is 1. The minimum Gasteiger partial charge on any atom is -0.494 e. The second-order valence-electron chi connectivity index (χ2n) is 3.08. The summed E-state index contributed by atoms with van der Waals surface area (Å²) in [6.07, 6.45) is -0.258.